The Morgan fingerprint density at radius 1 is 0.576 bits per heavy atom. The molecule has 6 atom stereocenters. The highest BCUT2D eigenvalue weighted by Crippen LogP contribution is 2.28. The number of ether oxygens (including phenoxy) is 3. The first-order valence-corrected chi connectivity index (χ1v) is 28.6. The van der Waals surface area contributed by atoms with Gasteiger partial charge in [0, 0.05) is 12.8 Å². The van der Waals surface area contributed by atoms with E-state index in [1.807, 2.05) is 0 Å². The fraction of sp³-hybridized carbons (Fsp3) is 0.942. The lowest BCUT2D eigenvalue weighted by Crippen LogP contribution is -2.66. The van der Waals surface area contributed by atoms with Crippen molar-refractivity contribution >= 4 is 28.2 Å². The second kappa shape index (κ2) is 42.1. The zero-order valence-electron chi connectivity index (χ0n) is 43.1. The number of carbonyl (C=O) groups is 3. The largest absolute Gasteiger partial charge is 0.462 e. The van der Waals surface area contributed by atoms with Crippen LogP contribution in [0.3, 0.4) is 0 Å². The van der Waals surface area contributed by atoms with Crippen molar-refractivity contribution in [1.29, 1.82) is 1.43 Å². The first-order chi connectivity index (χ1) is 32.5. The summed E-state index contributed by atoms with van der Waals surface area (Å²) in [4.78, 5) is 40.2. The molecule has 1 fully saturated rings. The number of rotatable bonds is 47. The van der Waals surface area contributed by atoms with E-state index in [2.05, 4.69) is 30.6 Å². The maximum Gasteiger partial charge on any atom is 0.397 e. The van der Waals surface area contributed by atoms with Crippen LogP contribution in [0.15, 0.2) is 0 Å². The molecule has 66 heavy (non-hydrogen) atoms. The average Bonchev–Trinajstić information content (AvgIpc) is 3.30. The van der Waals surface area contributed by atoms with E-state index in [4.69, 9.17) is 19.8 Å². The Balaban J connectivity index is 2.86. The summed E-state index contributed by atoms with van der Waals surface area (Å²) in [6.07, 6.45) is 32.8. The molecule has 0 aromatic carbocycles. The third-order valence-corrected chi connectivity index (χ3v) is 13.4. The summed E-state index contributed by atoms with van der Waals surface area (Å²) in [7, 11) is -4.99. The van der Waals surface area contributed by atoms with Gasteiger partial charge in [0.1, 0.15) is 24.4 Å². The van der Waals surface area contributed by atoms with Gasteiger partial charge >= 0.3 is 22.3 Å². The third-order valence-electron chi connectivity index (χ3n) is 13.0. The second-order valence-electron chi connectivity index (χ2n) is 19.2. The number of aliphatic hydroxyl groups excluding tert-OH is 2. The van der Waals surface area contributed by atoms with Gasteiger partial charge in [0.15, 0.2) is 12.4 Å². The molecule has 390 valence electrons. The molecule has 1 saturated heterocycles. The minimum Gasteiger partial charge on any atom is -0.462 e. The molecule has 0 saturated carbocycles. The van der Waals surface area contributed by atoms with Crippen LogP contribution in [-0.4, -0.2) is 84.4 Å². The van der Waals surface area contributed by atoms with Crippen LogP contribution in [0.5, 0.6) is 0 Å². The molecule has 14 heteroatoms. The summed E-state index contributed by atoms with van der Waals surface area (Å²) in [5.41, 5.74) is 0. The molecular formula is C52H99NO12S. The molecule has 1 amide bonds. The topological polar surface area (TPSA) is 195 Å². The van der Waals surface area contributed by atoms with Crippen molar-refractivity contribution in [1.82, 2.24) is 5.32 Å². The Morgan fingerprint density at radius 2 is 0.955 bits per heavy atom. The summed E-state index contributed by atoms with van der Waals surface area (Å²) in [6.45, 7) is 5.81. The van der Waals surface area contributed by atoms with E-state index in [1.165, 1.54) is 141 Å². The Morgan fingerprint density at radius 3 is 1.35 bits per heavy atom. The molecule has 1 unspecified atom stereocenters. The van der Waals surface area contributed by atoms with Gasteiger partial charge in [-0.05, 0) is 25.7 Å². The van der Waals surface area contributed by atoms with E-state index in [-0.39, 0.29) is 25.2 Å². The zero-order chi connectivity index (χ0) is 49.2. The highest BCUT2D eigenvalue weighted by atomic mass is 32.3. The molecule has 0 radical (unpaired) electrons. The average molecular weight is 963 g/mol. The van der Waals surface area contributed by atoms with E-state index >= 15 is 0 Å². The van der Waals surface area contributed by atoms with Crippen molar-refractivity contribution < 1.29 is 56.0 Å². The minimum absolute atomic E-state index is 0.0138. The minimum atomic E-state index is -4.99. The van der Waals surface area contributed by atoms with Gasteiger partial charge in [0.25, 0.3) is 0 Å². The van der Waals surface area contributed by atoms with E-state index < -0.39 is 65.6 Å². The second-order valence-corrected chi connectivity index (χ2v) is 20.2. The number of esters is 2. The van der Waals surface area contributed by atoms with Crippen molar-refractivity contribution in [2.75, 3.05) is 6.61 Å². The standard InChI is InChI=1S/C52H99NO12S/c1-4-7-10-13-16-19-21-23-25-28-31-34-37-40-47(56)62-44(39-36-33-30-27-18-15-12-9-6-3)42-46(55)53-49-51(50(65-66(59,60)61)45(43-54)63-52(49)58)64-48(57)41-38-35-32-29-26-24-22-20-17-14-11-8-5-2/h44-45,49-52,54,58H,4-43H2,1-3H3,(H,53,55)(H,59,60,61)/t44-,45-,49-,50+,51-,52?/m1/s1/i/hD. The van der Waals surface area contributed by atoms with E-state index in [9.17, 15) is 33.0 Å². The quantitative estimate of drug-likeness (QED) is 0.0256. The SMILES string of the molecule is [2H]OS(=O)(=O)O[C@@H]1[C@H](OC(=O)CCCCCCCCCCCCCCC)[C@@H](NC(=O)C[C@@H](CCCCCCCCCCC)OC(=O)CCCCCCCCCCCCCCC)C(O)O[C@@H]1CO. The lowest BCUT2D eigenvalue weighted by atomic mass is 9.96. The van der Waals surface area contributed by atoms with Gasteiger partial charge in [0.2, 0.25) is 7.34 Å². The monoisotopic (exact) mass is 963 g/mol. The van der Waals surface area contributed by atoms with Gasteiger partial charge in [-0.3, -0.25) is 18.9 Å². The van der Waals surface area contributed by atoms with Crippen molar-refractivity contribution in [3.63, 3.8) is 0 Å². The molecule has 0 aliphatic carbocycles. The summed E-state index contributed by atoms with van der Waals surface area (Å²) >= 11 is 0. The van der Waals surface area contributed by atoms with Gasteiger partial charge in [-0.15, -0.1) is 0 Å². The van der Waals surface area contributed by atoms with Crippen LogP contribution in [0.1, 0.15) is 271 Å². The van der Waals surface area contributed by atoms with Crippen LogP contribution in [0.2, 0.25) is 0 Å². The van der Waals surface area contributed by atoms with Gasteiger partial charge < -0.3 is 29.7 Å². The Kier molecular flexibility index (Phi) is 38.4. The number of unbranched alkanes of at least 4 members (excludes halogenated alkanes) is 32. The molecule has 1 aliphatic rings. The molecule has 0 aromatic rings. The number of aliphatic hydroxyl groups is 2. The first kappa shape index (κ1) is 60.3. The van der Waals surface area contributed by atoms with Crippen LogP contribution in [0, 0.1) is 0 Å². The Labute approximate surface area is 404 Å². The van der Waals surface area contributed by atoms with E-state index in [0.717, 1.165) is 70.6 Å². The molecule has 0 aromatic heterocycles. The number of hydrogen-bond donors (Lipinski definition) is 4. The zero-order valence-corrected chi connectivity index (χ0v) is 43.0. The van der Waals surface area contributed by atoms with Crippen LogP contribution in [0.4, 0.5) is 0 Å². The van der Waals surface area contributed by atoms with Gasteiger partial charge in [-0.25, -0.2) is 4.18 Å². The summed E-state index contributed by atoms with van der Waals surface area (Å²) < 4.78 is 57.6. The molecular weight excluding hydrogens is 863 g/mol. The summed E-state index contributed by atoms with van der Waals surface area (Å²) in [5, 5.41) is 23.8. The van der Waals surface area contributed by atoms with E-state index in [0.29, 0.717) is 19.3 Å². The van der Waals surface area contributed by atoms with Crippen molar-refractivity contribution in [3.8, 4) is 0 Å². The first-order valence-electron chi connectivity index (χ1n) is 27.6. The van der Waals surface area contributed by atoms with Crippen LogP contribution in [0.25, 0.3) is 1.43 Å². The fourth-order valence-electron chi connectivity index (χ4n) is 8.98. The third kappa shape index (κ3) is 34.4. The van der Waals surface area contributed by atoms with Crippen LogP contribution in [-0.2, 0) is 43.2 Å². The number of amides is 1. The smallest absolute Gasteiger partial charge is 0.397 e. The van der Waals surface area contributed by atoms with Gasteiger partial charge in [-0.2, -0.15) is 8.42 Å². The highest BCUT2D eigenvalue weighted by molar-refractivity contribution is 7.80. The van der Waals surface area contributed by atoms with Crippen molar-refractivity contribution in [2.45, 2.75) is 308 Å². The maximum absolute atomic E-state index is 13.8. The Bertz CT molecular complexity index is 1310. The fourth-order valence-corrected chi connectivity index (χ4v) is 9.49. The molecule has 1 rings (SSSR count). The lowest BCUT2D eigenvalue weighted by Gasteiger charge is -2.43. The molecule has 0 bridgehead atoms. The number of carbonyl (C=O) groups excluding carboxylic acids is 3. The Hall–Kier alpha value is -1.84. The molecule has 1 heterocycles. The normalized spacial score (nSPS) is 19.3. The highest BCUT2D eigenvalue weighted by Gasteiger charge is 2.50. The maximum atomic E-state index is 13.8. The summed E-state index contributed by atoms with van der Waals surface area (Å²) in [5.74, 6) is -1.75. The number of nitrogens with one attached hydrogen (secondary N) is 1. The lowest BCUT2D eigenvalue weighted by molar-refractivity contribution is -0.254. The van der Waals surface area contributed by atoms with Gasteiger partial charge in [0.05, 0.1) is 13.0 Å². The molecule has 0 spiro atoms. The van der Waals surface area contributed by atoms with Crippen LogP contribution >= 0.6 is 0 Å². The van der Waals surface area contributed by atoms with Crippen molar-refractivity contribution in [2.24, 2.45) is 0 Å². The molecule has 1 aliphatic heterocycles. The van der Waals surface area contributed by atoms with Gasteiger partial charge in [-0.1, -0.05) is 226 Å². The summed E-state index contributed by atoms with van der Waals surface area (Å²) in [6, 6.07) is -1.54. The van der Waals surface area contributed by atoms with E-state index in [1.54, 1.807) is 0 Å². The molecule has 13 nitrogen and oxygen atoms in total. The van der Waals surface area contributed by atoms with Crippen molar-refractivity contribution in [3.05, 3.63) is 0 Å². The van der Waals surface area contributed by atoms with Crippen LogP contribution < -0.4 is 5.32 Å². The number of hydrogen-bond acceptors (Lipinski definition) is 12. The predicted molar refractivity (Wildman–Crippen MR) is 263 cm³/mol. The predicted octanol–water partition coefficient (Wildman–Crippen LogP) is 12.5. The molecule has 4 N–H and O–H groups in total.